The first-order chi connectivity index (χ1) is 9.42. The van der Waals surface area contributed by atoms with E-state index in [9.17, 15) is 0 Å². The Kier molecular flexibility index (Phi) is 4.29. The Hall–Kier alpha value is -1.60. The second kappa shape index (κ2) is 5.80. The first-order valence-corrected chi connectivity index (χ1v) is 7.28. The maximum absolute atomic E-state index is 5.88. The Morgan fingerprint density at radius 1 is 0.900 bits per heavy atom. The molecule has 0 radical (unpaired) electrons. The summed E-state index contributed by atoms with van der Waals surface area (Å²) in [6.45, 7) is 9.39. The molecule has 0 bridgehead atoms. The van der Waals surface area contributed by atoms with E-state index < -0.39 is 0 Å². The van der Waals surface area contributed by atoms with Crippen molar-refractivity contribution < 1.29 is 0 Å². The van der Waals surface area contributed by atoms with Gasteiger partial charge in [-0.25, -0.2) is 0 Å². The third kappa shape index (κ3) is 3.29. The molecule has 0 atom stereocenters. The van der Waals surface area contributed by atoms with Crippen molar-refractivity contribution in [2.45, 2.75) is 39.5 Å². The fourth-order valence-electron chi connectivity index (χ4n) is 2.37. The van der Waals surface area contributed by atoms with Crippen LogP contribution in [0, 0.1) is 13.8 Å². The molecule has 0 unspecified atom stereocenters. The predicted molar refractivity (Wildman–Crippen MR) is 87.2 cm³/mol. The largest absolute Gasteiger partial charge is 0.330 e. The summed E-state index contributed by atoms with van der Waals surface area (Å²) in [5.74, 6) is 0. The molecule has 0 aromatic heterocycles. The fraction of sp³-hybridized carbons (Fsp3) is 0.368. The predicted octanol–water partition coefficient (Wildman–Crippen LogP) is 4.13. The molecule has 0 saturated carbocycles. The summed E-state index contributed by atoms with van der Waals surface area (Å²) in [6.07, 6.45) is 0.982. The maximum Gasteiger partial charge on any atom is 0.00191 e. The number of benzene rings is 2. The maximum atomic E-state index is 5.88. The number of rotatable bonds is 4. The minimum Gasteiger partial charge on any atom is -0.330 e. The number of nitrogens with two attached hydrogens (primary N) is 1. The van der Waals surface area contributed by atoms with Gasteiger partial charge in [0.05, 0.1) is 0 Å². The Bertz CT molecular complexity index is 596. The van der Waals surface area contributed by atoms with Gasteiger partial charge in [0.1, 0.15) is 0 Å². The molecule has 0 aliphatic carbocycles. The molecule has 0 aliphatic rings. The average Bonchev–Trinajstić information content (AvgIpc) is 2.43. The van der Waals surface area contributed by atoms with Crippen LogP contribution in [0.4, 0.5) is 0 Å². The lowest BCUT2D eigenvalue weighted by Gasteiger charge is -2.23. The van der Waals surface area contributed by atoms with Crippen molar-refractivity contribution in [3.63, 3.8) is 0 Å². The van der Waals surface area contributed by atoms with E-state index in [1.165, 1.54) is 27.8 Å². The average molecular weight is 267 g/mol. The molecule has 0 saturated heterocycles. The van der Waals surface area contributed by atoms with E-state index in [1.54, 1.807) is 0 Å². The lowest BCUT2D eigenvalue weighted by molar-refractivity contribution is 0.538. The van der Waals surface area contributed by atoms with Crippen molar-refractivity contribution in [1.82, 2.24) is 0 Å². The van der Waals surface area contributed by atoms with Gasteiger partial charge in [-0.1, -0.05) is 56.3 Å². The standard InChI is InChI=1S/C19H25N/c1-14-8-9-17(10-15(14)2)11-16-6-5-7-18(12-16)19(3,4)13-20/h5-10,12H,11,13,20H2,1-4H3. The lowest BCUT2D eigenvalue weighted by atomic mass is 9.83. The van der Waals surface area contributed by atoms with Gasteiger partial charge < -0.3 is 5.73 Å². The molecule has 1 nitrogen and oxygen atoms in total. The highest BCUT2D eigenvalue weighted by Crippen LogP contribution is 2.23. The quantitative estimate of drug-likeness (QED) is 0.885. The molecule has 2 aromatic rings. The van der Waals surface area contributed by atoms with E-state index in [4.69, 9.17) is 5.73 Å². The molecule has 0 spiro atoms. The summed E-state index contributed by atoms with van der Waals surface area (Å²) in [4.78, 5) is 0. The highest BCUT2D eigenvalue weighted by Gasteiger charge is 2.18. The van der Waals surface area contributed by atoms with Crippen LogP contribution >= 0.6 is 0 Å². The molecular formula is C19H25N. The van der Waals surface area contributed by atoms with E-state index in [-0.39, 0.29) is 5.41 Å². The second-order valence-electron chi connectivity index (χ2n) is 6.38. The fourth-order valence-corrected chi connectivity index (χ4v) is 2.37. The number of hydrogen-bond donors (Lipinski definition) is 1. The molecule has 2 rings (SSSR count). The zero-order chi connectivity index (χ0) is 14.8. The number of aryl methyl sites for hydroxylation is 2. The summed E-state index contributed by atoms with van der Waals surface area (Å²) in [6, 6.07) is 15.5. The third-order valence-corrected chi connectivity index (χ3v) is 4.20. The van der Waals surface area contributed by atoms with Gasteiger partial charge in [0.15, 0.2) is 0 Å². The number of hydrogen-bond acceptors (Lipinski definition) is 1. The molecule has 2 aromatic carbocycles. The van der Waals surface area contributed by atoms with Crippen molar-refractivity contribution in [2.75, 3.05) is 6.54 Å². The minimum absolute atomic E-state index is 0.0409. The smallest absolute Gasteiger partial charge is 0.00191 e. The molecule has 0 fully saturated rings. The van der Waals surface area contributed by atoms with Crippen LogP contribution < -0.4 is 5.73 Å². The summed E-state index contributed by atoms with van der Waals surface area (Å²) in [5.41, 5.74) is 12.7. The van der Waals surface area contributed by atoms with Gasteiger partial charge in [-0.05, 0) is 48.1 Å². The Labute approximate surface area is 122 Å². The van der Waals surface area contributed by atoms with Crippen LogP contribution in [-0.2, 0) is 11.8 Å². The topological polar surface area (TPSA) is 26.0 Å². The summed E-state index contributed by atoms with van der Waals surface area (Å²) >= 11 is 0. The van der Waals surface area contributed by atoms with Gasteiger partial charge in [0, 0.05) is 12.0 Å². The van der Waals surface area contributed by atoms with Crippen LogP contribution in [0.5, 0.6) is 0 Å². The SMILES string of the molecule is Cc1ccc(Cc2cccc(C(C)(C)CN)c2)cc1C. The van der Waals surface area contributed by atoms with Crippen LogP contribution in [0.2, 0.25) is 0 Å². The molecule has 2 N–H and O–H groups in total. The molecular weight excluding hydrogens is 242 g/mol. The van der Waals surface area contributed by atoms with Gasteiger partial charge in [-0.3, -0.25) is 0 Å². The molecule has 0 aliphatic heterocycles. The molecule has 0 heterocycles. The third-order valence-electron chi connectivity index (χ3n) is 4.20. The molecule has 20 heavy (non-hydrogen) atoms. The van der Waals surface area contributed by atoms with Crippen molar-refractivity contribution in [2.24, 2.45) is 5.73 Å². The van der Waals surface area contributed by atoms with Crippen LogP contribution in [0.3, 0.4) is 0 Å². The minimum atomic E-state index is 0.0409. The van der Waals surface area contributed by atoms with E-state index >= 15 is 0 Å². The Balaban J connectivity index is 2.26. The highest BCUT2D eigenvalue weighted by molar-refractivity contribution is 5.36. The summed E-state index contributed by atoms with van der Waals surface area (Å²) in [5, 5.41) is 0. The first-order valence-electron chi connectivity index (χ1n) is 7.28. The summed E-state index contributed by atoms with van der Waals surface area (Å²) < 4.78 is 0. The Morgan fingerprint density at radius 2 is 1.60 bits per heavy atom. The normalized spacial score (nSPS) is 11.7. The van der Waals surface area contributed by atoms with E-state index in [0.717, 1.165) is 6.42 Å². The lowest BCUT2D eigenvalue weighted by Crippen LogP contribution is -2.28. The van der Waals surface area contributed by atoms with E-state index in [0.29, 0.717) is 6.54 Å². The molecule has 106 valence electrons. The van der Waals surface area contributed by atoms with Gasteiger partial charge in [-0.15, -0.1) is 0 Å². The van der Waals surface area contributed by atoms with E-state index in [1.807, 2.05) is 0 Å². The first kappa shape index (κ1) is 14.8. The van der Waals surface area contributed by atoms with E-state index in [2.05, 4.69) is 70.2 Å². The van der Waals surface area contributed by atoms with Crippen LogP contribution in [-0.4, -0.2) is 6.54 Å². The van der Waals surface area contributed by atoms with Crippen LogP contribution in [0.1, 0.15) is 41.7 Å². The second-order valence-corrected chi connectivity index (χ2v) is 6.38. The van der Waals surface area contributed by atoms with Gasteiger partial charge in [0.25, 0.3) is 0 Å². The van der Waals surface area contributed by atoms with Gasteiger partial charge >= 0.3 is 0 Å². The van der Waals surface area contributed by atoms with Crippen molar-refractivity contribution in [3.8, 4) is 0 Å². The molecule has 0 amide bonds. The van der Waals surface area contributed by atoms with Crippen molar-refractivity contribution in [1.29, 1.82) is 0 Å². The van der Waals surface area contributed by atoms with Crippen LogP contribution in [0.25, 0.3) is 0 Å². The zero-order valence-electron chi connectivity index (χ0n) is 13.0. The van der Waals surface area contributed by atoms with Gasteiger partial charge in [0.2, 0.25) is 0 Å². The van der Waals surface area contributed by atoms with Crippen molar-refractivity contribution >= 4 is 0 Å². The van der Waals surface area contributed by atoms with Crippen molar-refractivity contribution in [3.05, 3.63) is 70.3 Å². The highest BCUT2D eigenvalue weighted by atomic mass is 14.6. The summed E-state index contributed by atoms with van der Waals surface area (Å²) in [7, 11) is 0. The Morgan fingerprint density at radius 3 is 2.25 bits per heavy atom. The van der Waals surface area contributed by atoms with Gasteiger partial charge in [-0.2, -0.15) is 0 Å². The zero-order valence-corrected chi connectivity index (χ0v) is 13.0. The monoisotopic (exact) mass is 267 g/mol. The molecule has 1 heteroatoms. The van der Waals surface area contributed by atoms with Crippen LogP contribution in [0.15, 0.2) is 42.5 Å².